The Hall–Kier alpha value is -1.93. The predicted octanol–water partition coefficient (Wildman–Crippen LogP) is 0.437. The summed E-state index contributed by atoms with van der Waals surface area (Å²) in [6.07, 6.45) is 0. The maximum absolute atomic E-state index is 12.6. The lowest BCUT2D eigenvalue weighted by Gasteiger charge is -2.41. The van der Waals surface area contributed by atoms with Crippen LogP contribution in [-0.4, -0.2) is 82.9 Å². The minimum Gasteiger partial charge on any atom is -0.481 e. The molecule has 2 atom stereocenters. The summed E-state index contributed by atoms with van der Waals surface area (Å²) in [6, 6.07) is 3.65. The molecular weight excluding hydrogens is 330 g/mol. The molecule has 3 heterocycles. The van der Waals surface area contributed by atoms with Crippen molar-refractivity contribution in [2.45, 2.75) is 13.0 Å². The molecule has 2 aliphatic rings. The molecule has 0 aromatic carbocycles. The number of nitrogens with zero attached hydrogens (tertiary/aromatic N) is 3. The van der Waals surface area contributed by atoms with E-state index in [-0.39, 0.29) is 24.4 Å². The highest BCUT2D eigenvalue weighted by Crippen LogP contribution is 2.21. The minimum atomic E-state index is -0.876. The lowest BCUT2D eigenvalue weighted by molar-refractivity contribution is -0.143. The van der Waals surface area contributed by atoms with Crippen molar-refractivity contribution >= 4 is 29.1 Å². The van der Waals surface area contributed by atoms with Crippen molar-refractivity contribution < 1.29 is 19.5 Å². The molecule has 24 heavy (non-hydrogen) atoms. The predicted molar refractivity (Wildman–Crippen MR) is 89.0 cm³/mol. The van der Waals surface area contributed by atoms with E-state index in [0.29, 0.717) is 37.6 Å². The van der Waals surface area contributed by atoms with E-state index < -0.39 is 11.9 Å². The normalized spacial score (nSPS) is 25.0. The van der Waals surface area contributed by atoms with E-state index in [2.05, 4.69) is 4.90 Å². The number of rotatable bonds is 2. The smallest absolute Gasteiger partial charge is 0.309 e. The summed E-state index contributed by atoms with van der Waals surface area (Å²) in [6.45, 7) is 4.32. The first-order chi connectivity index (χ1) is 11.5. The molecule has 8 heteroatoms. The Bertz CT molecular complexity index is 633. The average Bonchev–Trinajstić information content (AvgIpc) is 3.00. The van der Waals surface area contributed by atoms with Crippen LogP contribution in [0.25, 0.3) is 0 Å². The zero-order valence-corrected chi connectivity index (χ0v) is 14.4. The number of carboxylic acids is 1. The van der Waals surface area contributed by atoms with Crippen LogP contribution in [0.3, 0.4) is 0 Å². The number of carboxylic acid groups (broad SMARTS) is 1. The lowest BCUT2D eigenvalue weighted by Crippen LogP contribution is -2.57. The number of hydrogen-bond donors (Lipinski definition) is 1. The standard InChI is InChI=1S/C16H21N3O4S/c1-11(20)19-8-12(16(22)23)7-17-4-5-18(9-13(17)10-19)15(21)14-3-2-6-24-14/h2-3,6,12-13H,4-5,7-10H2,1H3,(H,22,23)/t12-,13+/m0/s1. The van der Waals surface area contributed by atoms with Crippen LogP contribution in [0.2, 0.25) is 0 Å². The van der Waals surface area contributed by atoms with Gasteiger partial charge in [-0.05, 0) is 11.4 Å². The third-order valence-electron chi connectivity index (χ3n) is 4.75. The number of hydrogen-bond acceptors (Lipinski definition) is 5. The van der Waals surface area contributed by atoms with Gasteiger partial charge in [-0.3, -0.25) is 19.3 Å². The molecule has 0 saturated carbocycles. The van der Waals surface area contributed by atoms with Crippen molar-refractivity contribution in [1.82, 2.24) is 14.7 Å². The fourth-order valence-electron chi connectivity index (χ4n) is 3.40. The number of amides is 2. The topological polar surface area (TPSA) is 81.2 Å². The Kier molecular flexibility index (Phi) is 4.86. The zero-order chi connectivity index (χ0) is 17.3. The number of carbonyl (C=O) groups excluding carboxylic acids is 2. The molecule has 0 bridgehead atoms. The Balaban J connectivity index is 1.75. The van der Waals surface area contributed by atoms with Crippen LogP contribution >= 0.6 is 11.3 Å². The summed E-state index contributed by atoms with van der Waals surface area (Å²) in [5.74, 6) is -1.57. The van der Waals surface area contributed by atoms with E-state index in [1.165, 1.54) is 18.3 Å². The molecule has 130 valence electrons. The molecule has 2 aliphatic heterocycles. The molecule has 2 fully saturated rings. The van der Waals surface area contributed by atoms with Gasteiger partial charge in [-0.25, -0.2) is 0 Å². The van der Waals surface area contributed by atoms with Gasteiger partial charge in [0.1, 0.15) is 0 Å². The van der Waals surface area contributed by atoms with E-state index in [1.807, 2.05) is 22.4 Å². The van der Waals surface area contributed by atoms with Crippen LogP contribution in [0, 0.1) is 5.92 Å². The summed E-state index contributed by atoms with van der Waals surface area (Å²) in [5, 5.41) is 11.3. The van der Waals surface area contributed by atoms with Gasteiger partial charge in [-0.1, -0.05) is 6.07 Å². The Labute approximate surface area is 144 Å². The fraction of sp³-hybridized carbons (Fsp3) is 0.562. The van der Waals surface area contributed by atoms with Crippen molar-refractivity contribution in [3.8, 4) is 0 Å². The number of carbonyl (C=O) groups is 3. The van der Waals surface area contributed by atoms with Gasteiger partial charge >= 0.3 is 5.97 Å². The van der Waals surface area contributed by atoms with Crippen molar-refractivity contribution in [2.75, 3.05) is 39.3 Å². The number of fused-ring (bicyclic) bond motifs is 1. The molecule has 3 rings (SSSR count). The molecule has 0 aliphatic carbocycles. The summed E-state index contributed by atoms with van der Waals surface area (Å²) in [4.78, 5) is 42.1. The Morgan fingerprint density at radius 3 is 2.50 bits per heavy atom. The minimum absolute atomic E-state index is 0.0121. The SMILES string of the molecule is CC(=O)N1C[C@@H](C(=O)O)CN2CCN(C(=O)c3cccs3)C[C@@H]2C1. The zero-order valence-electron chi connectivity index (χ0n) is 13.6. The molecule has 1 N–H and O–H groups in total. The number of aliphatic carboxylic acids is 1. The first-order valence-corrected chi connectivity index (χ1v) is 8.89. The molecule has 7 nitrogen and oxygen atoms in total. The molecule has 0 unspecified atom stereocenters. The van der Waals surface area contributed by atoms with Gasteiger partial charge in [0.05, 0.1) is 10.8 Å². The molecular formula is C16H21N3O4S. The molecule has 0 spiro atoms. The van der Waals surface area contributed by atoms with Gasteiger partial charge in [0.15, 0.2) is 0 Å². The van der Waals surface area contributed by atoms with Crippen LogP contribution in [0.5, 0.6) is 0 Å². The van der Waals surface area contributed by atoms with Crippen molar-refractivity contribution in [3.63, 3.8) is 0 Å². The lowest BCUT2D eigenvalue weighted by atomic mass is 10.1. The highest BCUT2D eigenvalue weighted by molar-refractivity contribution is 7.12. The van der Waals surface area contributed by atoms with Crippen LogP contribution in [0.1, 0.15) is 16.6 Å². The van der Waals surface area contributed by atoms with Crippen molar-refractivity contribution in [2.24, 2.45) is 5.92 Å². The van der Waals surface area contributed by atoms with Crippen molar-refractivity contribution in [3.05, 3.63) is 22.4 Å². The average molecular weight is 351 g/mol. The summed E-state index contributed by atoms with van der Waals surface area (Å²) < 4.78 is 0. The van der Waals surface area contributed by atoms with Crippen molar-refractivity contribution in [1.29, 1.82) is 0 Å². The molecule has 2 amide bonds. The van der Waals surface area contributed by atoms with Crippen LogP contribution in [0.15, 0.2) is 17.5 Å². The van der Waals surface area contributed by atoms with E-state index in [0.717, 1.165) is 0 Å². The number of thiophene rings is 1. The van der Waals surface area contributed by atoms with Crippen LogP contribution in [0.4, 0.5) is 0 Å². The molecule has 2 saturated heterocycles. The second-order valence-corrected chi connectivity index (χ2v) is 7.28. The second-order valence-electron chi connectivity index (χ2n) is 6.34. The second kappa shape index (κ2) is 6.90. The van der Waals surface area contributed by atoms with E-state index in [4.69, 9.17) is 0 Å². The summed E-state index contributed by atoms with van der Waals surface area (Å²) in [7, 11) is 0. The van der Waals surface area contributed by atoms with Gasteiger partial charge in [-0.2, -0.15) is 0 Å². The van der Waals surface area contributed by atoms with Crippen LogP contribution in [-0.2, 0) is 9.59 Å². The number of piperazine rings is 1. The first-order valence-electron chi connectivity index (χ1n) is 8.01. The maximum Gasteiger partial charge on any atom is 0.309 e. The third kappa shape index (κ3) is 3.44. The molecule has 0 radical (unpaired) electrons. The molecule has 1 aromatic heterocycles. The summed E-state index contributed by atoms with van der Waals surface area (Å²) in [5.41, 5.74) is 0. The highest BCUT2D eigenvalue weighted by Gasteiger charge is 2.38. The Morgan fingerprint density at radius 2 is 1.88 bits per heavy atom. The summed E-state index contributed by atoms with van der Waals surface area (Å²) >= 11 is 1.42. The third-order valence-corrected chi connectivity index (χ3v) is 5.60. The monoisotopic (exact) mass is 351 g/mol. The van der Waals surface area contributed by atoms with E-state index in [1.54, 1.807) is 4.90 Å². The quantitative estimate of drug-likeness (QED) is 0.836. The van der Waals surface area contributed by atoms with Gasteiger partial charge in [0, 0.05) is 52.2 Å². The van der Waals surface area contributed by atoms with Gasteiger partial charge in [0.2, 0.25) is 5.91 Å². The highest BCUT2D eigenvalue weighted by atomic mass is 32.1. The first kappa shape index (κ1) is 16.9. The Morgan fingerprint density at radius 1 is 1.12 bits per heavy atom. The van der Waals surface area contributed by atoms with Gasteiger partial charge in [0.25, 0.3) is 5.91 Å². The van der Waals surface area contributed by atoms with Gasteiger partial charge in [-0.15, -0.1) is 11.3 Å². The fourth-order valence-corrected chi connectivity index (χ4v) is 4.09. The van der Waals surface area contributed by atoms with E-state index >= 15 is 0 Å². The van der Waals surface area contributed by atoms with Gasteiger partial charge < -0.3 is 14.9 Å². The maximum atomic E-state index is 12.6. The molecule has 1 aromatic rings. The largest absolute Gasteiger partial charge is 0.481 e. The van der Waals surface area contributed by atoms with Crippen LogP contribution < -0.4 is 0 Å². The van der Waals surface area contributed by atoms with E-state index in [9.17, 15) is 19.5 Å².